The lowest BCUT2D eigenvalue weighted by Gasteiger charge is -2.12. The van der Waals surface area contributed by atoms with E-state index in [-0.39, 0.29) is 0 Å². The van der Waals surface area contributed by atoms with Crippen molar-refractivity contribution in [3.8, 4) is 51.6 Å². The van der Waals surface area contributed by atoms with Crippen molar-refractivity contribution in [1.29, 1.82) is 5.26 Å². The molecule has 3 aromatic heterocycles. The van der Waals surface area contributed by atoms with E-state index in [1.54, 1.807) is 0 Å². The van der Waals surface area contributed by atoms with Gasteiger partial charge in [0.15, 0.2) is 17.5 Å². The normalized spacial score (nSPS) is 11.4. The van der Waals surface area contributed by atoms with Crippen LogP contribution in [0.25, 0.3) is 89.2 Å². The van der Waals surface area contributed by atoms with Crippen LogP contribution in [0.4, 0.5) is 0 Å². The molecule has 7 aromatic carbocycles. The predicted molar refractivity (Wildman–Crippen MR) is 210 cm³/mol. The minimum Gasteiger partial charge on any atom is -0.309 e. The van der Waals surface area contributed by atoms with Crippen LogP contribution in [0.5, 0.6) is 0 Å². The van der Waals surface area contributed by atoms with Crippen molar-refractivity contribution in [3.63, 3.8) is 0 Å². The third kappa shape index (κ3) is 4.76. The number of para-hydroxylation sites is 2. The molecule has 0 radical (unpaired) electrons. The molecule has 0 N–H and O–H groups in total. The number of fused-ring (bicyclic) bond motifs is 6. The molecule has 0 bridgehead atoms. The quantitative estimate of drug-likeness (QED) is 0.184. The summed E-state index contributed by atoms with van der Waals surface area (Å²) in [5.41, 5.74) is 9.65. The number of nitriles is 1. The minimum absolute atomic E-state index is 0.585. The summed E-state index contributed by atoms with van der Waals surface area (Å²) >= 11 is 0. The number of hydrogen-bond donors (Lipinski definition) is 0. The van der Waals surface area contributed by atoms with E-state index in [1.165, 1.54) is 10.8 Å². The highest BCUT2D eigenvalue weighted by Crippen LogP contribution is 2.38. The highest BCUT2D eigenvalue weighted by atomic mass is 15.0. The van der Waals surface area contributed by atoms with E-state index < -0.39 is 0 Å². The molecule has 0 fully saturated rings. The second-order valence-corrected chi connectivity index (χ2v) is 12.8. The van der Waals surface area contributed by atoms with Crippen LogP contribution in [-0.2, 0) is 0 Å². The van der Waals surface area contributed by atoms with Gasteiger partial charge in [-0.3, -0.25) is 0 Å². The number of aromatic nitrogens is 5. The maximum atomic E-state index is 9.95. The molecule has 0 aliphatic heterocycles. The summed E-state index contributed by atoms with van der Waals surface area (Å²) in [6, 6.07) is 60.4. The molecule has 0 spiro atoms. The van der Waals surface area contributed by atoms with Gasteiger partial charge in [-0.2, -0.15) is 5.26 Å². The first-order chi connectivity index (χ1) is 25.7. The molecule has 0 atom stereocenters. The van der Waals surface area contributed by atoms with Gasteiger partial charge in [0.25, 0.3) is 0 Å². The molecular formula is C46H28N6. The van der Waals surface area contributed by atoms with Gasteiger partial charge in [-0.15, -0.1) is 0 Å². The molecule has 6 nitrogen and oxygen atoms in total. The molecule has 10 rings (SSSR count). The van der Waals surface area contributed by atoms with Gasteiger partial charge < -0.3 is 9.13 Å². The minimum atomic E-state index is 0.585. The summed E-state index contributed by atoms with van der Waals surface area (Å²) < 4.78 is 4.58. The Hall–Kier alpha value is -7.36. The van der Waals surface area contributed by atoms with Crippen LogP contribution in [0, 0.1) is 11.3 Å². The van der Waals surface area contributed by atoms with Crippen LogP contribution in [0.15, 0.2) is 170 Å². The Morgan fingerprint density at radius 1 is 0.365 bits per heavy atom. The van der Waals surface area contributed by atoms with Crippen molar-refractivity contribution in [2.45, 2.75) is 0 Å². The molecule has 6 heteroatoms. The van der Waals surface area contributed by atoms with Crippen LogP contribution < -0.4 is 0 Å². The van der Waals surface area contributed by atoms with Crippen LogP contribution in [0.1, 0.15) is 5.56 Å². The highest BCUT2D eigenvalue weighted by molar-refractivity contribution is 6.12. The molecule has 0 saturated carbocycles. The highest BCUT2D eigenvalue weighted by Gasteiger charge is 2.18. The molecule has 52 heavy (non-hydrogen) atoms. The van der Waals surface area contributed by atoms with E-state index in [0.717, 1.165) is 60.9 Å². The second-order valence-electron chi connectivity index (χ2n) is 12.8. The first-order valence-electron chi connectivity index (χ1n) is 17.2. The van der Waals surface area contributed by atoms with Gasteiger partial charge in [0.05, 0.1) is 33.7 Å². The maximum absolute atomic E-state index is 9.95. The van der Waals surface area contributed by atoms with Gasteiger partial charge in [0.2, 0.25) is 0 Å². The van der Waals surface area contributed by atoms with Crippen molar-refractivity contribution >= 4 is 43.6 Å². The average Bonchev–Trinajstić information content (AvgIpc) is 3.73. The third-order valence-corrected chi connectivity index (χ3v) is 9.78. The topological polar surface area (TPSA) is 72.3 Å². The van der Waals surface area contributed by atoms with E-state index in [9.17, 15) is 5.26 Å². The van der Waals surface area contributed by atoms with E-state index in [4.69, 9.17) is 15.0 Å². The van der Waals surface area contributed by atoms with Gasteiger partial charge in [-0.25, -0.2) is 15.0 Å². The lowest BCUT2D eigenvalue weighted by Crippen LogP contribution is -2.01. The monoisotopic (exact) mass is 664 g/mol. The van der Waals surface area contributed by atoms with Crippen molar-refractivity contribution in [1.82, 2.24) is 24.1 Å². The van der Waals surface area contributed by atoms with Crippen molar-refractivity contribution in [2.75, 3.05) is 0 Å². The molecular weight excluding hydrogens is 637 g/mol. The zero-order valence-electron chi connectivity index (χ0n) is 27.8. The molecule has 0 aliphatic rings. The molecule has 10 aromatic rings. The summed E-state index contributed by atoms with van der Waals surface area (Å²) in [7, 11) is 0. The second kappa shape index (κ2) is 11.9. The average molecular weight is 665 g/mol. The largest absolute Gasteiger partial charge is 0.309 e. The molecule has 0 unspecified atom stereocenters. The van der Waals surface area contributed by atoms with Crippen molar-refractivity contribution in [3.05, 3.63) is 175 Å². The fourth-order valence-corrected chi connectivity index (χ4v) is 7.42. The number of rotatable bonds is 5. The lowest BCUT2D eigenvalue weighted by atomic mass is 10.1. The number of nitrogens with zero attached hydrogens (tertiary/aromatic N) is 6. The Kier molecular flexibility index (Phi) is 6.76. The van der Waals surface area contributed by atoms with Crippen LogP contribution >= 0.6 is 0 Å². The molecule has 0 aliphatic carbocycles. The molecule has 0 amide bonds. The van der Waals surface area contributed by atoms with Crippen molar-refractivity contribution in [2.24, 2.45) is 0 Å². The SMILES string of the molecule is N#Cc1ccc2c3cc(-n4c5ccccc5c5ccccc54)ccc3n(-c3cccc(-c4nc(-c5ccccc5)nc(-c5ccccc5)n4)c3)c2c1. The Bertz CT molecular complexity index is 2910. The summed E-state index contributed by atoms with van der Waals surface area (Å²) in [5, 5.41) is 14.6. The summed E-state index contributed by atoms with van der Waals surface area (Å²) in [5.74, 6) is 1.81. The summed E-state index contributed by atoms with van der Waals surface area (Å²) in [6.07, 6.45) is 0. The first kappa shape index (κ1) is 29.5. The van der Waals surface area contributed by atoms with Crippen LogP contribution in [0.2, 0.25) is 0 Å². The maximum Gasteiger partial charge on any atom is 0.164 e. The van der Waals surface area contributed by atoms with Gasteiger partial charge in [0, 0.05) is 49.6 Å². The summed E-state index contributed by atoms with van der Waals surface area (Å²) in [4.78, 5) is 14.9. The Balaban J connectivity index is 1.18. The van der Waals surface area contributed by atoms with Crippen LogP contribution in [0.3, 0.4) is 0 Å². The third-order valence-electron chi connectivity index (χ3n) is 9.78. The zero-order valence-corrected chi connectivity index (χ0v) is 27.8. The molecule has 3 heterocycles. The van der Waals surface area contributed by atoms with Gasteiger partial charge in [-0.05, 0) is 54.6 Å². The van der Waals surface area contributed by atoms with Crippen LogP contribution in [-0.4, -0.2) is 24.1 Å². The number of hydrogen-bond acceptors (Lipinski definition) is 4. The lowest BCUT2D eigenvalue weighted by molar-refractivity contribution is 1.07. The Labute approximate surface area is 299 Å². The fraction of sp³-hybridized carbons (Fsp3) is 0. The standard InChI is InChI=1S/C46H28N6/c47-29-30-22-24-38-39-28-35(51-40-20-9-7-18-36(40)37-19-8-10-21-41(37)51)23-25-42(39)52(43(38)26-30)34-17-11-16-33(27-34)46-49-44(31-12-3-1-4-13-31)48-45(50-46)32-14-5-2-6-15-32/h1-28H. The van der Waals surface area contributed by atoms with E-state index in [2.05, 4.69) is 100 Å². The Morgan fingerprint density at radius 2 is 0.865 bits per heavy atom. The van der Waals surface area contributed by atoms with E-state index in [1.807, 2.05) is 84.9 Å². The fourth-order valence-electron chi connectivity index (χ4n) is 7.42. The summed E-state index contributed by atoms with van der Waals surface area (Å²) in [6.45, 7) is 0. The van der Waals surface area contributed by atoms with Gasteiger partial charge in [0.1, 0.15) is 0 Å². The zero-order chi connectivity index (χ0) is 34.6. The smallest absolute Gasteiger partial charge is 0.164 e. The molecule has 0 saturated heterocycles. The first-order valence-corrected chi connectivity index (χ1v) is 17.2. The predicted octanol–water partition coefficient (Wildman–Crippen LogP) is 10.9. The van der Waals surface area contributed by atoms with E-state index in [0.29, 0.717) is 23.0 Å². The molecule has 242 valence electrons. The Morgan fingerprint density at radius 3 is 1.50 bits per heavy atom. The van der Waals surface area contributed by atoms with Crippen molar-refractivity contribution < 1.29 is 0 Å². The number of benzene rings is 7. The van der Waals surface area contributed by atoms with E-state index >= 15 is 0 Å². The van der Waals surface area contributed by atoms with Gasteiger partial charge >= 0.3 is 0 Å². The van der Waals surface area contributed by atoms with Gasteiger partial charge in [-0.1, -0.05) is 115 Å².